The molecule has 23 heavy (non-hydrogen) atoms. The topological polar surface area (TPSA) is 41.0 Å². The van der Waals surface area contributed by atoms with Crippen molar-refractivity contribution < 1.29 is 0 Å². The van der Waals surface area contributed by atoms with Crippen LogP contribution < -0.4 is 0 Å². The van der Waals surface area contributed by atoms with Crippen molar-refractivity contribution >= 4 is 22.7 Å². The van der Waals surface area contributed by atoms with E-state index >= 15 is 0 Å². The van der Waals surface area contributed by atoms with Crippen LogP contribution in [0.1, 0.15) is 29.5 Å². The van der Waals surface area contributed by atoms with Gasteiger partial charge in [-0.3, -0.25) is 9.98 Å². The smallest absolute Gasteiger partial charge is 0.0694 e. The lowest BCUT2D eigenvalue weighted by Gasteiger charge is -2.16. The van der Waals surface area contributed by atoms with E-state index in [1.165, 1.54) is 27.6 Å². The standard InChI is InChI=1S/C20H19N3/c1-14-6-7-18-17(13-23-19(18)10-14)11-15-4-3-9-22-20(15)16-5-2-8-21-12-16/h2,5-8,10-13,23H,3-4,9H2,1H3/b15-11+. The molecule has 114 valence electrons. The molecule has 3 aromatic rings. The number of aromatic amines is 1. The molecule has 1 N–H and O–H groups in total. The van der Waals surface area contributed by atoms with Crippen LogP contribution >= 0.6 is 0 Å². The summed E-state index contributed by atoms with van der Waals surface area (Å²) < 4.78 is 0. The van der Waals surface area contributed by atoms with Crippen LogP contribution in [0.3, 0.4) is 0 Å². The molecular weight excluding hydrogens is 282 g/mol. The maximum Gasteiger partial charge on any atom is 0.0694 e. The number of aryl methyl sites for hydroxylation is 1. The lowest BCUT2D eigenvalue weighted by atomic mass is 9.95. The molecular formula is C20H19N3. The summed E-state index contributed by atoms with van der Waals surface area (Å²) in [6.07, 6.45) is 10.2. The number of rotatable bonds is 2. The Morgan fingerprint density at radius 1 is 1.22 bits per heavy atom. The lowest BCUT2D eigenvalue weighted by Crippen LogP contribution is -2.11. The van der Waals surface area contributed by atoms with Crippen molar-refractivity contribution in [2.45, 2.75) is 19.8 Å². The summed E-state index contributed by atoms with van der Waals surface area (Å²) in [5, 5.41) is 1.26. The molecule has 0 atom stereocenters. The summed E-state index contributed by atoms with van der Waals surface area (Å²) in [4.78, 5) is 12.4. The van der Waals surface area contributed by atoms with Crippen LogP contribution in [0.15, 0.2) is 59.5 Å². The Hall–Kier alpha value is -2.68. The van der Waals surface area contributed by atoms with Gasteiger partial charge in [0.15, 0.2) is 0 Å². The number of nitrogens with zero attached hydrogens (tertiary/aromatic N) is 2. The molecule has 0 spiro atoms. The maximum atomic E-state index is 4.75. The van der Waals surface area contributed by atoms with Crippen molar-refractivity contribution in [1.29, 1.82) is 0 Å². The quantitative estimate of drug-likeness (QED) is 0.742. The van der Waals surface area contributed by atoms with Crippen LogP contribution in [0.4, 0.5) is 0 Å². The van der Waals surface area contributed by atoms with Gasteiger partial charge in [0, 0.05) is 47.2 Å². The summed E-state index contributed by atoms with van der Waals surface area (Å²) in [5.74, 6) is 0. The highest BCUT2D eigenvalue weighted by atomic mass is 14.8. The number of aliphatic imine (C=N–C) groups is 1. The molecule has 0 aliphatic carbocycles. The zero-order valence-corrected chi connectivity index (χ0v) is 13.2. The molecule has 0 amide bonds. The first-order valence-corrected chi connectivity index (χ1v) is 8.05. The first-order valence-electron chi connectivity index (χ1n) is 8.05. The molecule has 3 heteroatoms. The van der Waals surface area contributed by atoms with E-state index in [-0.39, 0.29) is 0 Å². The largest absolute Gasteiger partial charge is 0.361 e. The highest BCUT2D eigenvalue weighted by Crippen LogP contribution is 2.26. The zero-order valence-electron chi connectivity index (χ0n) is 13.2. The third kappa shape index (κ3) is 2.70. The van der Waals surface area contributed by atoms with Crippen LogP contribution in [-0.2, 0) is 0 Å². The predicted octanol–water partition coefficient (Wildman–Crippen LogP) is 4.54. The van der Waals surface area contributed by atoms with Gasteiger partial charge in [0.1, 0.15) is 0 Å². The minimum atomic E-state index is 0.897. The van der Waals surface area contributed by atoms with Gasteiger partial charge in [-0.25, -0.2) is 0 Å². The second-order valence-electron chi connectivity index (χ2n) is 6.04. The second-order valence-corrected chi connectivity index (χ2v) is 6.04. The Balaban J connectivity index is 1.79. The average molecular weight is 301 g/mol. The highest BCUT2D eigenvalue weighted by molar-refractivity contribution is 6.15. The van der Waals surface area contributed by atoms with Crippen LogP contribution in [0.5, 0.6) is 0 Å². The molecule has 0 fully saturated rings. The van der Waals surface area contributed by atoms with Gasteiger partial charge in [0.2, 0.25) is 0 Å². The number of benzene rings is 1. The van der Waals surface area contributed by atoms with Crippen LogP contribution in [-0.4, -0.2) is 22.2 Å². The molecule has 1 aliphatic heterocycles. The van der Waals surface area contributed by atoms with E-state index in [9.17, 15) is 0 Å². The van der Waals surface area contributed by atoms with E-state index in [4.69, 9.17) is 4.99 Å². The Morgan fingerprint density at radius 3 is 3.04 bits per heavy atom. The number of fused-ring (bicyclic) bond motifs is 1. The fourth-order valence-electron chi connectivity index (χ4n) is 3.17. The van der Waals surface area contributed by atoms with Crippen LogP contribution in [0, 0.1) is 6.92 Å². The minimum Gasteiger partial charge on any atom is -0.361 e. The Labute approximate surface area is 135 Å². The molecule has 1 aromatic carbocycles. The van der Waals surface area contributed by atoms with E-state index in [2.05, 4.69) is 53.4 Å². The number of H-pyrrole nitrogens is 1. The summed E-state index contributed by atoms with van der Waals surface area (Å²) >= 11 is 0. The molecule has 3 heterocycles. The molecule has 1 aliphatic rings. The highest BCUT2D eigenvalue weighted by Gasteiger charge is 2.15. The van der Waals surface area contributed by atoms with E-state index in [1.54, 1.807) is 6.20 Å². The van der Waals surface area contributed by atoms with Gasteiger partial charge in [-0.05, 0) is 55.2 Å². The summed E-state index contributed by atoms with van der Waals surface area (Å²) in [7, 11) is 0. The monoisotopic (exact) mass is 301 g/mol. The minimum absolute atomic E-state index is 0.897. The molecule has 0 saturated heterocycles. The number of nitrogens with one attached hydrogen (secondary N) is 1. The van der Waals surface area contributed by atoms with E-state index in [1.807, 2.05) is 12.3 Å². The fraction of sp³-hybridized carbons (Fsp3) is 0.200. The zero-order chi connectivity index (χ0) is 15.6. The van der Waals surface area contributed by atoms with Crippen molar-refractivity contribution in [3.8, 4) is 0 Å². The van der Waals surface area contributed by atoms with Crippen molar-refractivity contribution in [3.05, 3.63) is 71.2 Å². The van der Waals surface area contributed by atoms with Crippen LogP contribution in [0.2, 0.25) is 0 Å². The number of pyridine rings is 1. The van der Waals surface area contributed by atoms with Crippen molar-refractivity contribution in [3.63, 3.8) is 0 Å². The van der Waals surface area contributed by atoms with E-state index in [0.717, 1.165) is 30.7 Å². The first-order chi connectivity index (χ1) is 11.3. The molecule has 2 aromatic heterocycles. The maximum absolute atomic E-state index is 4.75. The van der Waals surface area contributed by atoms with E-state index in [0.29, 0.717) is 0 Å². The average Bonchev–Trinajstić information content (AvgIpc) is 2.98. The third-order valence-electron chi connectivity index (χ3n) is 4.31. The van der Waals surface area contributed by atoms with Gasteiger partial charge < -0.3 is 4.98 Å². The number of hydrogen-bond donors (Lipinski definition) is 1. The predicted molar refractivity (Wildman–Crippen MR) is 95.9 cm³/mol. The Kier molecular flexibility index (Phi) is 3.54. The second kappa shape index (κ2) is 5.84. The van der Waals surface area contributed by atoms with Gasteiger partial charge in [-0.1, -0.05) is 12.1 Å². The summed E-state index contributed by atoms with van der Waals surface area (Å²) in [5.41, 5.74) is 7.18. The molecule has 4 rings (SSSR count). The molecule has 0 radical (unpaired) electrons. The van der Waals surface area contributed by atoms with Crippen molar-refractivity contribution in [2.75, 3.05) is 6.54 Å². The van der Waals surface area contributed by atoms with Crippen LogP contribution in [0.25, 0.3) is 17.0 Å². The van der Waals surface area contributed by atoms with E-state index < -0.39 is 0 Å². The molecule has 0 saturated carbocycles. The first kappa shape index (κ1) is 13.9. The SMILES string of the molecule is Cc1ccc2c(/C=C3\CCCN=C3c3cccnc3)c[nH]c2c1. The lowest BCUT2D eigenvalue weighted by molar-refractivity contribution is 0.818. The summed E-state index contributed by atoms with van der Waals surface area (Å²) in [6.45, 7) is 3.02. The number of aromatic nitrogens is 2. The van der Waals surface area contributed by atoms with Crippen molar-refractivity contribution in [1.82, 2.24) is 9.97 Å². The Morgan fingerprint density at radius 2 is 2.17 bits per heavy atom. The fourth-order valence-corrected chi connectivity index (χ4v) is 3.17. The number of allylic oxidation sites excluding steroid dienone is 1. The number of hydrogen-bond acceptors (Lipinski definition) is 2. The van der Waals surface area contributed by atoms with Gasteiger partial charge in [0.25, 0.3) is 0 Å². The third-order valence-corrected chi connectivity index (χ3v) is 4.31. The summed E-state index contributed by atoms with van der Waals surface area (Å²) in [6, 6.07) is 10.6. The van der Waals surface area contributed by atoms with Gasteiger partial charge in [0.05, 0.1) is 5.71 Å². The molecule has 0 bridgehead atoms. The van der Waals surface area contributed by atoms with Crippen molar-refractivity contribution in [2.24, 2.45) is 4.99 Å². The molecule has 3 nitrogen and oxygen atoms in total. The van der Waals surface area contributed by atoms with Gasteiger partial charge in [-0.2, -0.15) is 0 Å². The van der Waals surface area contributed by atoms with Gasteiger partial charge in [-0.15, -0.1) is 0 Å². The normalized spacial score (nSPS) is 16.7. The Bertz CT molecular complexity index is 901. The molecule has 0 unspecified atom stereocenters. The van der Waals surface area contributed by atoms with Gasteiger partial charge >= 0.3 is 0 Å².